The summed E-state index contributed by atoms with van der Waals surface area (Å²) in [6, 6.07) is 5.63. The van der Waals surface area contributed by atoms with Gasteiger partial charge in [-0.3, -0.25) is 9.59 Å². The summed E-state index contributed by atoms with van der Waals surface area (Å²) in [7, 11) is 1.42. The SMILES string of the molecule is COC(=O)[C@H](C)[C@H](c1ccc2c(c1)OC1(CC2=O)CC(NC(=O)OC(C)(C)C)C1)C1CC1. The van der Waals surface area contributed by atoms with E-state index in [9.17, 15) is 14.4 Å². The Morgan fingerprint density at radius 1 is 1.22 bits per heavy atom. The lowest BCUT2D eigenvalue weighted by atomic mass is 9.70. The van der Waals surface area contributed by atoms with Crippen LogP contribution in [-0.2, 0) is 14.3 Å². The molecule has 1 aliphatic heterocycles. The molecule has 0 radical (unpaired) electrons. The number of hydrogen-bond acceptors (Lipinski definition) is 6. The summed E-state index contributed by atoms with van der Waals surface area (Å²) in [5.74, 6) is 0.650. The third-order valence-electron chi connectivity index (χ3n) is 6.70. The first-order valence-corrected chi connectivity index (χ1v) is 11.4. The number of Topliss-reactive ketones (excluding diaryl/α,β-unsaturated/α-hetero) is 1. The van der Waals surface area contributed by atoms with Gasteiger partial charge in [-0.15, -0.1) is 0 Å². The Labute approximate surface area is 189 Å². The van der Waals surface area contributed by atoms with Crippen molar-refractivity contribution in [1.82, 2.24) is 5.32 Å². The number of nitrogens with one attached hydrogen (secondary N) is 1. The predicted molar refractivity (Wildman–Crippen MR) is 118 cm³/mol. The number of carbonyl (C=O) groups is 3. The van der Waals surface area contributed by atoms with E-state index >= 15 is 0 Å². The number of hydrogen-bond donors (Lipinski definition) is 1. The van der Waals surface area contributed by atoms with Crippen molar-refractivity contribution in [2.75, 3.05) is 7.11 Å². The molecule has 32 heavy (non-hydrogen) atoms. The fraction of sp³-hybridized carbons (Fsp3) is 0.640. The lowest BCUT2D eigenvalue weighted by Gasteiger charge is -2.49. The zero-order chi connectivity index (χ0) is 23.3. The van der Waals surface area contributed by atoms with Gasteiger partial charge in [0.15, 0.2) is 5.78 Å². The summed E-state index contributed by atoms with van der Waals surface area (Å²) in [5, 5.41) is 2.87. The summed E-state index contributed by atoms with van der Waals surface area (Å²) in [6.45, 7) is 7.37. The van der Waals surface area contributed by atoms with E-state index in [0.717, 1.165) is 18.4 Å². The predicted octanol–water partition coefficient (Wildman–Crippen LogP) is 4.38. The number of ketones is 1. The smallest absolute Gasteiger partial charge is 0.407 e. The van der Waals surface area contributed by atoms with E-state index in [2.05, 4.69) is 5.32 Å². The number of carbonyl (C=O) groups excluding carboxylic acids is 3. The zero-order valence-electron chi connectivity index (χ0n) is 19.5. The first-order valence-electron chi connectivity index (χ1n) is 11.4. The van der Waals surface area contributed by atoms with Crippen molar-refractivity contribution in [2.24, 2.45) is 11.8 Å². The van der Waals surface area contributed by atoms with Crippen molar-refractivity contribution < 1.29 is 28.6 Å². The highest BCUT2D eigenvalue weighted by molar-refractivity contribution is 6.00. The van der Waals surface area contributed by atoms with Gasteiger partial charge < -0.3 is 19.5 Å². The minimum atomic E-state index is -0.592. The summed E-state index contributed by atoms with van der Waals surface area (Å²) in [5.41, 5.74) is 0.447. The lowest BCUT2D eigenvalue weighted by molar-refractivity contribution is -0.145. The Morgan fingerprint density at radius 3 is 2.50 bits per heavy atom. The van der Waals surface area contributed by atoms with E-state index in [4.69, 9.17) is 14.2 Å². The quantitative estimate of drug-likeness (QED) is 0.679. The molecule has 2 atom stereocenters. The van der Waals surface area contributed by atoms with Gasteiger partial charge in [0.05, 0.1) is 25.0 Å². The fourth-order valence-electron chi connectivity index (χ4n) is 5.12. The Morgan fingerprint density at radius 2 is 1.91 bits per heavy atom. The Bertz CT molecular complexity index is 923. The van der Waals surface area contributed by atoms with Crippen LogP contribution < -0.4 is 10.1 Å². The first kappa shape index (κ1) is 22.6. The van der Waals surface area contributed by atoms with E-state index < -0.39 is 17.3 Å². The van der Waals surface area contributed by atoms with Crippen LogP contribution in [-0.4, -0.2) is 42.2 Å². The number of benzene rings is 1. The van der Waals surface area contributed by atoms with Gasteiger partial charge in [0.1, 0.15) is 17.0 Å². The highest BCUT2D eigenvalue weighted by Crippen LogP contribution is 2.50. The molecule has 1 aromatic carbocycles. The molecule has 2 saturated carbocycles. The number of ether oxygens (including phenoxy) is 3. The van der Waals surface area contributed by atoms with Crippen molar-refractivity contribution in [3.63, 3.8) is 0 Å². The molecule has 7 nitrogen and oxygen atoms in total. The topological polar surface area (TPSA) is 90.9 Å². The van der Waals surface area contributed by atoms with Crippen molar-refractivity contribution in [3.8, 4) is 5.75 Å². The number of alkyl carbamates (subject to hydrolysis) is 1. The molecule has 1 amide bonds. The van der Waals surface area contributed by atoms with Crippen molar-refractivity contribution in [3.05, 3.63) is 29.3 Å². The molecule has 2 fully saturated rings. The van der Waals surface area contributed by atoms with Gasteiger partial charge in [-0.05, 0) is 63.1 Å². The van der Waals surface area contributed by atoms with E-state index in [-0.39, 0.29) is 29.6 Å². The molecule has 7 heteroatoms. The van der Waals surface area contributed by atoms with Crippen LogP contribution in [0.15, 0.2) is 18.2 Å². The summed E-state index contributed by atoms with van der Waals surface area (Å²) in [6.07, 6.45) is 3.15. The Balaban J connectivity index is 1.48. The van der Waals surface area contributed by atoms with E-state index in [0.29, 0.717) is 36.5 Å². The molecule has 1 heterocycles. The molecule has 0 bridgehead atoms. The van der Waals surface area contributed by atoms with Gasteiger partial charge >= 0.3 is 12.1 Å². The molecule has 3 aliphatic rings. The lowest BCUT2D eigenvalue weighted by Crippen LogP contribution is -2.60. The van der Waals surface area contributed by atoms with Crippen LogP contribution in [0.3, 0.4) is 0 Å². The maximum atomic E-state index is 12.9. The molecular weight excluding hydrogens is 410 g/mol. The van der Waals surface area contributed by atoms with Gasteiger partial charge in [0, 0.05) is 18.9 Å². The highest BCUT2D eigenvalue weighted by Gasteiger charge is 2.51. The minimum absolute atomic E-state index is 0.0484. The van der Waals surface area contributed by atoms with Gasteiger partial charge in [-0.25, -0.2) is 4.79 Å². The maximum Gasteiger partial charge on any atom is 0.407 e. The molecule has 174 valence electrons. The number of methoxy groups -OCH3 is 1. The fourth-order valence-corrected chi connectivity index (χ4v) is 5.12. The second kappa shape index (κ2) is 8.09. The van der Waals surface area contributed by atoms with Crippen molar-refractivity contribution in [2.45, 2.75) is 83.0 Å². The van der Waals surface area contributed by atoms with E-state index in [1.54, 1.807) is 0 Å². The molecule has 0 unspecified atom stereocenters. The first-order chi connectivity index (χ1) is 15.0. The maximum absolute atomic E-state index is 12.9. The van der Waals surface area contributed by atoms with Crippen LogP contribution in [0.5, 0.6) is 5.75 Å². The van der Waals surface area contributed by atoms with Crippen molar-refractivity contribution >= 4 is 17.8 Å². The summed E-state index contributed by atoms with van der Waals surface area (Å²) >= 11 is 0. The summed E-state index contributed by atoms with van der Waals surface area (Å²) < 4.78 is 16.7. The second-order valence-corrected chi connectivity index (χ2v) is 10.6. The molecule has 0 aromatic heterocycles. The monoisotopic (exact) mass is 443 g/mol. The molecular formula is C25H33NO6. The number of rotatable bonds is 5. The Hall–Kier alpha value is -2.57. The zero-order valence-corrected chi connectivity index (χ0v) is 19.5. The van der Waals surface area contributed by atoms with Crippen LogP contribution in [0.1, 0.15) is 81.6 Å². The third kappa shape index (κ3) is 4.62. The van der Waals surface area contributed by atoms with Gasteiger partial charge in [-0.2, -0.15) is 0 Å². The normalized spacial score (nSPS) is 26.3. The molecule has 4 rings (SSSR count). The van der Waals surface area contributed by atoms with Gasteiger partial charge in [-0.1, -0.05) is 13.0 Å². The second-order valence-electron chi connectivity index (χ2n) is 10.6. The van der Waals surface area contributed by atoms with E-state index in [1.807, 2.05) is 45.9 Å². The van der Waals surface area contributed by atoms with Crippen LogP contribution in [0.2, 0.25) is 0 Å². The number of fused-ring (bicyclic) bond motifs is 1. The molecule has 1 N–H and O–H groups in total. The molecule has 1 aromatic rings. The van der Waals surface area contributed by atoms with Crippen LogP contribution in [0.25, 0.3) is 0 Å². The van der Waals surface area contributed by atoms with Crippen LogP contribution in [0, 0.1) is 11.8 Å². The third-order valence-corrected chi connectivity index (χ3v) is 6.70. The van der Waals surface area contributed by atoms with Crippen LogP contribution >= 0.6 is 0 Å². The highest BCUT2D eigenvalue weighted by atomic mass is 16.6. The molecule has 0 saturated heterocycles. The average molecular weight is 444 g/mol. The van der Waals surface area contributed by atoms with Crippen molar-refractivity contribution in [1.29, 1.82) is 0 Å². The summed E-state index contributed by atoms with van der Waals surface area (Å²) in [4.78, 5) is 37.1. The van der Waals surface area contributed by atoms with Gasteiger partial charge in [0.25, 0.3) is 0 Å². The van der Waals surface area contributed by atoms with E-state index in [1.165, 1.54) is 7.11 Å². The molecule has 2 aliphatic carbocycles. The van der Waals surface area contributed by atoms with Gasteiger partial charge in [0.2, 0.25) is 0 Å². The average Bonchev–Trinajstić information content (AvgIpc) is 3.49. The number of amides is 1. The number of esters is 1. The van der Waals surface area contributed by atoms with Crippen LogP contribution in [0.4, 0.5) is 4.79 Å². The Kier molecular flexibility index (Phi) is 5.72. The molecule has 1 spiro atoms. The standard InChI is InChI=1S/C25H33NO6/c1-14(22(28)30-5)21(15-6-7-15)16-8-9-18-19(27)13-25(31-20(18)10-16)11-17(12-25)26-23(29)32-24(2,3)4/h8-10,14-15,17,21H,6-7,11-13H2,1-5H3,(H,26,29)/t14-,17?,21+,25?/m1/s1. The largest absolute Gasteiger partial charge is 0.486 e. The minimum Gasteiger partial charge on any atom is -0.486 e.